The normalized spacial score (nSPS) is 23.4. The van der Waals surface area contributed by atoms with E-state index in [1.54, 1.807) is 32.4 Å². The monoisotopic (exact) mass is 363 g/mol. The minimum absolute atomic E-state index is 0.0786. The van der Waals surface area contributed by atoms with Crippen LogP contribution in [0.15, 0.2) is 18.2 Å². The van der Waals surface area contributed by atoms with E-state index >= 15 is 0 Å². The Hall–Kier alpha value is -1.68. The number of benzene rings is 1. The van der Waals surface area contributed by atoms with Crippen molar-refractivity contribution in [3.05, 3.63) is 28.8 Å². The van der Waals surface area contributed by atoms with Gasteiger partial charge in [-0.1, -0.05) is 30.9 Å². The Morgan fingerprint density at radius 3 is 2.64 bits per heavy atom. The van der Waals surface area contributed by atoms with E-state index in [1.165, 1.54) is 25.7 Å². The minimum Gasteiger partial charge on any atom is -0.493 e. The molecule has 0 bridgehead atoms. The van der Waals surface area contributed by atoms with Crippen LogP contribution < -0.4 is 9.47 Å². The number of carbonyl (C=O) groups is 1. The van der Waals surface area contributed by atoms with Gasteiger partial charge >= 0.3 is 0 Å². The highest BCUT2D eigenvalue weighted by atomic mass is 35.5. The molecule has 1 saturated carbocycles. The highest BCUT2D eigenvalue weighted by Crippen LogP contribution is 2.37. The van der Waals surface area contributed by atoms with Crippen LogP contribution >= 0.6 is 11.6 Å². The summed E-state index contributed by atoms with van der Waals surface area (Å²) >= 11 is 6.22. The van der Waals surface area contributed by atoms with Gasteiger partial charge in [-0.3, -0.25) is 4.79 Å². The molecule has 1 aliphatic heterocycles. The summed E-state index contributed by atoms with van der Waals surface area (Å²) in [5.41, 5.74) is 0.823. The predicted octanol–water partition coefficient (Wildman–Crippen LogP) is 4.41. The van der Waals surface area contributed by atoms with Crippen LogP contribution in [0, 0.1) is 11.8 Å². The van der Waals surface area contributed by atoms with Crippen LogP contribution in [0.4, 0.5) is 0 Å². The van der Waals surface area contributed by atoms with Crippen LogP contribution in [0.2, 0.25) is 5.02 Å². The molecule has 2 fully saturated rings. The van der Waals surface area contributed by atoms with Gasteiger partial charge in [-0.2, -0.15) is 0 Å². The summed E-state index contributed by atoms with van der Waals surface area (Å²) in [6.07, 6.45) is 9.85. The van der Waals surface area contributed by atoms with E-state index in [0.29, 0.717) is 22.4 Å². The lowest BCUT2D eigenvalue weighted by Gasteiger charge is -2.41. The average Bonchev–Trinajstić information content (AvgIpc) is 2.65. The Kier molecular flexibility index (Phi) is 5.89. The number of ether oxygens (including phenoxy) is 2. The molecule has 5 heteroatoms. The van der Waals surface area contributed by atoms with E-state index in [1.807, 2.05) is 11.0 Å². The zero-order valence-electron chi connectivity index (χ0n) is 15.0. The van der Waals surface area contributed by atoms with Crippen LogP contribution in [-0.2, 0) is 4.79 Å². The number of methoxy groups -OCH3 is 2. The van der Waals surface area contributed by atoms with Gasteiger partial charge in [0.25, 0.3) is 0 Å². The first-order valence-corrected chi connectivity index (χ1v) is 9.38. The third-order valence-electron chi connectivity index (χ3n) is 5.48. The Morgan fingerprint density at radius 1 is 1.16 bits per heavy atom. The van der Waals surface area contributed by atoms with Gasteiger partial charge in [0.15, 0.2) is 11.5 Å². The molecule has 1 amide bonds. The van der Waals surface area contributed by atoms with Crippen LogP contribution in [0.1, 0.15) is 37.7 Å². The van der Waals surface area contributed by atoms with Crippen molar-refractivity contribution in [2.24, 2.45) is 11.8 Å². The number of nitrogens with zero attached hydrogens (tertiary/aromatic N) is 1. The number of carbonyl (C=O) groups excluding carboxylic acids is 1. The third-order valence-corrected chi connectivity index (χ3v) is 5.76. The smallest absolute Gasteiger partial charge is 0.246 e. The molecule has 2 atom stereocenters. The second kappa shape index (κ2) is 8.13. The number of halogens is 1. The molecule has 0 aromatic heterocycles. The predicted molar refractivity (Wildman–Crippen MR) is 100 cm³/mol. The molecule has 1 aliphatic carbocycles. The summed E-state index contributed by atoms with van der Waals surface area (Å²) in [6, 6.07) is 3.60. The molecule has 1 saturated heterocycles. The van der Waals surface area contributed by atoms with Gasteiger partial charge in [-0.05, 0) is 48.4 Å². The van der Waals surface area contributed by atoms with E-state index < -0.39 is 0 Å². The van der Waals surface area contributed by atoms with Gasteiger partial charge in [0.05, 0.1) is 19.2 Å². The summed E-state index contributed by atoms with van der Waals surface area (Å²) in [5, 5.41) is 0.469. The zero-order chi connectivity index (χ0) is 17.8. The molecule has 0 spiro atoms. The first-order chi connectivity index (χ1) is 12.1. The molecule has 1 aromatic rings. The van der Waals surface area contributed by atoms with Gasteiger partial charge in [-0.15, -0.1) is 0 Å². The summed E-state index contributed by atoms with van der Waals surface area (Å²) < 4.78 is 10.5. The Bertz CT molecular complexity index is 659. The highest BCUT2D eigenvalue weighted by molar-refractivity contribution is 6.32. The Morgan fingerprint density at radius 2 is 1.92 bits per heavy atom. The van der Waals surface area contributed by atoms with Crippen molar-refractivity contribution in [2.75, 3.05) is 27.3 Å². The average molecular weight is 364 g/mol. The Balaban J connectivity index is 1.67. The molecule has 0 unspecified atom stereocenters. The molecular weight excluding hydrogens is 338 g/mol. The standard InChI is InChI=1S/C20H26ClNO3/c1-24-18-12-14(11-17(21)20(18)25-2)7-8-19(23)22-10-9-15-5-3-4-6-16(15)13-22/h7-8,11-12,15-16H,3-6,9-10,13H2,1-2H3/b8-7+/t15-,16-/m1/s1. The molecule has 136 valence electrons. The first kappa shape index (κ1) is 18.1. The van der Waals surface area contributed by atoms with Gasteiger partial charge in [0, 0.05) is 19.2 Å². The van der Waals surface area contributed by atoms with Crippen molar-refractivity contribution in [1.29, 1.82) is 0 Å². The molecule has 1 aromatic carbocycles. The molecule has 1 heterocycles. The summed E-state index contributed by atoms with van der Waals surface area (Å²) in [7, 11) is 3.12. The van der Waals surface area contributed by atoms with E-state index in [-0.39, 0.29) is 5.91 Å². The minimum atomic E-state index is 0.0786. The van der Waals surface area contributed by atoms with E-state index in [0.717, 1.165) is 31.0 Å². The van der Waals surface area contributed by atoms with Crippen LogP contribution in [0.3, 0.4) is 0 Å². The summed E-state index contributed by atoms with van der Waals surface area (Å²) in [4.78, 5) is 14.6. The molecule has 0 radical (unpaired) electrons. The van der Waals surface area contributed by atoms with Crippen molar-refractivity contribution in [3.8, 4) is 11.5 Å². The summed E-state index contributed by atoms with van der Waals surface area (Å²) in [5.74, 6) is 2.66. The van der Waals surface area contributed by atoms with Gasteiger partial charge in [0.1, 0.15) is 0 Å². The maximum absolute atomic E-state index is 12.6. The largest absolute Gasteiger partial charge is 0.493 e. The Labute approximate surface area is 154 Å². The second-order valence-corrected chi connectivity index (χ2v) is 7.36. The number of fused-ring (bicyclic) bond motifs is 1. The van der Waals surface area contributed by atoms with Crippen molar-refractivity contribution in [3.63, 3.8) is 0 Å². The van der Waals surface area contributed by atoms with Gasteiger partial charge in [0.2, 0.25) is 5.91 Å². The van der Waals surface area contributed by atoms with Crippen molar-refractivity contribution in [2.45, 2.75) is 32.1 Å². The van der Waals surface area contributed by atoms with Crippen LogP contribution in [0.5, 0.6) is 11.5 Å². The van der Waals surface area contributed by atoms with E-state index in [2.05, 4.69) is 0 Å². The van der Waals surface area contributed by atoms with Crippen LogP contribution in [0.25, 0.3) is 6.08 Å². The fourth-order valence-corrected chi connectivity index (χ4v) is 4.40. The van der Waals surface area contributed by atoms with Crippen molar-refractivity contribution < 1.29 is 14.3 Å². The second-order valence-electron chi connectivity index (χ2n) is 6.95. The third kappa shape index (κ3) is 4.12. The lowest BCUT2D eigenvalue weighted by Crippen LogP contribution is -2.44. The summed E-state index contributed by atoms with van der Waals surface area (Å²) in [6.45, 7) is 1.78. The lowest BCUT2D eigenvalue weighted by atomic mass is 9.75. The molecule has 2 aliphatic rings. The highest BCUT2D eigenvalue weighted by Gasteiger charge is 2.32. The molecular formula is C20H26ClNO3. The molecule has 25 heavy (non-hydrogen) atoms. The van der Waals surface area contributed by atoms with E-state index in [4.69, 9.17) is 21.1 Å². The topological polar surface area (TPSA) is 38.8 Å². The maximum atomic E-state index is 12.6. The molecule has 3 rings (SSSR count). The van der Waals surface area contributed by atoms with E-state index in [9.17, 15) is 4.79 Å². The quantitative estimate of drug-likeness (QED) is 0.744. The fraction of sp³-hybridized carbons (Fsp3) is 0.550. The zero-order valence-corrected chi connectivity index (χ0v) is 15.7. The first-order valence-electron chi connectivity index (χ1n) is 9.01. The van der Waals surface area contributed by atoms with Gasteiger partial charge in [-0.25, -0.2) is 0 Å². The number of amides is 1. The number of hydrogen-bond donors (Lipinski definition) is 0. The maximum Gasteiger partial charge on any atom is 0.246 e. The van der Waals surface area contributed by atoms with Crippen molar-refractivity contribution >= 4 is 23.6 Å². The fourth-order valence-electron chi connectivity index (χ4n) is 4.11. The van der Waals surface area contributed by atoms with Crippen LogP contribution in [-0.4, -0.2) is 38.1 Å². The molecule has 0 N–H and O–H groups in total. The van der Waals surface area contributed by atoms with Crippen molar-refractivity contribution in [1.82, 2.24) is 4.90 Å². The number of piperidine rings is 1. The number of hydrogen-bond acceptors (Lipinski definition) is 3. The van der Waals surface area contributed by atoms with Gasteiger partial charge < -0.3 is 14.4 Å². The SMILES string of the molecule is COc1cc(/C=C/C(=O)N2CC[C@H]3CCCC[C@@H]3C2)cc(Cl)c1OC. The molecule has 4 nitrogen and oxygen atoms in total. The lowest BCUT2D eigenvalue weighted by molar-refractivity contribution is -0.128. The number of rotatable bonds is 4. The number of likely N-dealkylation sites (tertiary alicyclic amines) is 1.